The number of ether oxygens (including phenoxy) is 6. The van der Waals surface area contributed by atoms with Crippen molar-refractivity contribution in [3.8, 4) is 106 Å². The third kappa shape index (κ3) is 26.9. The van der Waals surface area contributed by atoms with E-state index >= 15 is 0 Å². The Balaban J connectivity index is 0.000000411. The molecule has 2 bridgehead atoms. The Bertz CT molecular complexity index is 2400. The van der Waals surface area contributed by atoms with E-state index in [1.165, 1.54) is 25.7 Å². The molecular weight excluding hydrogens is 873 g/mol. The van der Waals surface area contributed by atoms with E-state index < -0.39 is 36.3 Å². The van der Waals surface area contributed by atoms with Gasteiger partial charge in [0, 0.05) is 35.4 Å². The van der Waals surface area contributed by atoms with Gasteiger partial charge < -0.3 is 39.1 Å². The predicted molar refractivity (Wildman–Crippen MR) is 265 cm³/mol. The van der Waals surface area contributed by atoms with Gasteiger partial charge in [-0.2, -0.15) is 0 Å². The molecule has 0 radical (unpaired) electrons. The molecule has 2 aromatic carbocycles. The molecule has 69 heavy (non-hydrogen) atoms. The number of hydrogen-bond donors (Lipinski definition) is 2. The van der Waals surface area contributed by atoms with Crippen molar-refractivity contribution in [2.24, 2.45) is 11.8 Å². The molecule has 2 fully saturated rings. The fourth-order valence-corrected chi connectivity index (χ4v) is 5.89. The maximum Gasteiger partial charge on any atom is 0.407 e. The monoisotopic (exact) mass is 930 g/mol. The lowest BCUT2D eigenvalue weighted by Gasteiger charge is -2.18. The van der Waals surface area contributed by atoms with Gasteiger partial charge in [0.05, 0.1) is 0 Å². The molecule has 2 unspecified atom stereocenters. The first-order chi connectivity index (χ1) is 33.4. The van der Waals surface area contributed by atoms with Crippen LogP contribution in [0.4, 0.5) is 9.59 Å². The molecule has 2 atom stereocenters. The number of hydrogen-bond acceptors (Lipinski definition) is 10. The first-order valence-corrected chi connectivity index (χ1v) is 22.2. The molecule has 0 aliphatic heterocycles. The molecule has 2 aromatic rings. The van der Waals surface area contributed by atoms with Gasteiger partial charge in [0.2, 0.25) is 0 Å². The Labute approximate surface area is 408 Å². The minimum Gasteiger partial charge on any atom is -0.490 e. The lowest BCUT2D eigenvalue weighted by Crippen LogP contribution is -2.35. The maximum absolute atomic E-state index is 11.7. The second-order valence-electron chi connectivity index (χ2n) is 14.9. The molecular formula is C57H58N2O10. The van der Waals surface area contributed by atoms with Crippen LogP contribution in [0, 0.1) is 107 Å². The Hall–Kier alpha value is -8.52. The third-order valence-electron chi connectivity index (χ3n) is 9.19. The first kappa shape index (κ1) is 56.6. The number of rotatable bonds is 16. The molecule has 2 amide bonds. The standard InChI is InChI=1S/2C25H23NO5.C7H12/c2*1-5-7-8-9-10-11-12-13-21-14-16-22(17-15-21)29-18-23(31-25(28)26-6-2)19-30-24(27)20(3)4;1-2-7-4-3-6(1)5-7/h2*14-17,23H,3,6,18-19H2,1-2,4H3,(H,26,28);6-7H,1-5H2. The van der Waals surface area contributed by atoms with Crippen LogP contribution in [0.1, 0.15) is 84.8 Å². The zero-order chi connectivity index (χ0) is 50.5. The second-order valence-corrected chi connectivity index (χ2v) is 14.9. The van der Waals surface area contributed by atoms with Crippen LogP contribution in [-0.4, -0.2) is 75.9 Å². The third-order valence-corrected chi connectivity index (χ3v) is 9.19. The van der Waals surface area contributed by atoms with E-state index in [9.17, 15) is 19.2 Å². The van der Waals surface area contributed by atoms with E-state index in [4.69, 9.17) is 28.4 Å². The minimum atomic E-state index is -0.789. The van der Waals surface area contributed by atoms with Gasteiger partial charge in [0.15, 0.2) is 12.2 Å². The Kier molecular flexibility index (Phi) is 28.5. The van der Waals surface area contributed by atoms with E-state index in [1.54, 1.807) is 108 Å². The predicted octanol–water partition coefficient (Wildman–Crippen LogP) is 7.56. The van der Waals surface area contributed by atoms with Crippen molar-refractivity contribution in [1.82, 2.24) is 10.6 Å². The fraction of sp³-hybridized carbons (Fsp3) is 0.368. The second kappa shape index (κ2) is 34.8. The Morgan fingerprint density at radius 2 is 0.870 bits per heavy atom. The summed E-state index contributed by atoms with van der Waals surface area (Å²) in [5, 5.41) is 5.03. The highest BCUT2D eigenvalue weighted by Crippen LogP contribution is 2.43. The van der Waals surface area contributed by atoms with E-state index in [2.05, 4.69) is 119 Å². The van der Waals surface area contributed by atoms with Crippen LogP contribution in [0.5, 0.6) is 11.5 Å². The van der Waals surface area contributed by atoms with E-state index in [1.807, 2.05) is 0 Å². The molecule has 2 aliphatic rings. The maximum atomic E-state index is 11.7. The van der Waals surface area contributed by atoms with Gasteiger partial charge in [0.25, 0.3) is 0 Å². The average Bonchev–Trinajstić information content (AvgIpc) is 4.01. The molecule has 0 aromatic heterocycles. The van der Waals surface area contributed by atoms with Gasteiger partial charge in [-0.25, -0.2) is 19.2 Å². The number of carbonyl (C=O) groups excluding carboxylic acids is 4. The van der Waals surface area contributed by atoms with Crippen molar-refractivity contribution >= 4 is 24.1 Å². The van der Waals surface area contributed by atoms with Gasteiger partial charge in [-0.05, 0) is 179 Å². The summed E-state index contributed by atoms with van der Waals surface area (Å²) >= 11 is 0. The van der Waals surface area contributed by atoms with Crippen molar-refractivity contribution in [3.05, 3.63) is 84.0 Å². The Morgan fingerprint density at radius 3 is 1.16 bits per heavy atom. The van der Waals surface area contributed by atoms with Gasteiger partial charge in [-0.3, -0.25) is 0 Å². The zero-order valence-corrected chi connectivity index (χ0v) is 40.2. The quantitative estimate of drug-likeness (QED) is 0.0749. The van der Waals surface area contributed by atoms with Crippen LogP contribution in [0.3, 0.4) is 0 Å². The van der Waals surface area contributed by atoms with Crippen molar-refractivity contribution in [2.75, 3.05) is 39.5 Å². The largest absolute Gasteiger partial charge is 0.490 e. The van der Waals surface area contributed by atoms with Crippen LogP contribution >= 0.6 is 0 Å². The molecule has 0 spiro atoms. The van der Waals surface area contributed by atoms with Crippen LogP contribution < -0.4 is 20.1 Å². The summed E-state index contributed by atoms with van der Waals surface area (Å²) in [5.41, 5.74) is 1.99. The normalized spacial score (nSPS) is 13.3. The number of benzene rings is 2. The SMILES string of the molecule is C1CC2CCC1C2.C=C(C)C(=O)OCC(COc1ccc(C#CC#CC#CC#CC)cc1)OC(=O)NCC.C=C(C)C(=O)OCC(COc1ccc(C#CC#CC#CC#CC)cc1)OC(=O)NCC. The first-order valence-electron chi connectivity index (χ1n) is 22.2. The van der Waals surface area contributed by atoms with Crippen LogP contribution in [-0.2, 0) is 28.5 Å². The summed E-state index contributed by atoms with van der Waals surface area (Å²) in [4.78, 5) is 46.6. The van der Waals surface area contributed by atoms with Crippen molar-refractivity contribution in [1.29, 1.82) is 0 Å². The van der Waals surface area contributed by atoms with E-state index in [0.29, 0.717) is 24.6 Å². The molecule has 2 N–H and O–H groups in total. The summed E-state index contributed by atoms with van der Waals surface area (Å²) in [6.45, 7) is 17.5. The highest BCUT2D eigenvalue weighted by molar-refractivity contribution is 5.87. The molecule has 356 valence electrons. The molecule has 0 heterocycles. The number of fused-ring (bicyclic) bond motifs is 2. The Morgan fingerprint density at radius 1 is 0.536 bits per heavy atom. The topological polar surface area (TPSA) is 148 Å². The van der Waals surface area contributed by atoms with Crippen LogP contribution in [0.25, 0.3) is 0 Å². The van der Waals surface area contributed by atoms with Gasteiger partial charge in [0.1, 0.15) is 37.9 Å². The van der Waals surface area contributed by atoms with Crippen molar-refractivity contribution < 1.29 is 47.6 Å². The molecule has 2 saturated carbocycles. The number of carbonyl (C=O) groups is 4. The summed E-state index contributed by atoms with van der Waals surface area (Å²) in [5.74, 6) is 44.6. The molecule has 4 rings (SSSR count). The lowest BCUT2D eigenvalue weighted by atomic mass is 10.0. The molecule has 12 nitrogen and oxygen atoms in total. The van der Waals surface area contributed by atoms with Crippen molar-refractivity contribution in [2.45, 2.75) is 85.9 Å². The van der Waals surface area contributed by atoms with Crippen LogP contribution in [0.15, 0.2) is 72.8 Å². The van der Waals surface area contributed by atoms with Crippen LogP contribution in [0.2, 0.25) is 0 Å². The number of amides is 2. The summed E-state index contributed by atoms with van der Waals surface area (Å²) in [7, 11) is 0. The summed E-state index contributed by atoms with van der Waals surface area (Å²) < 4.78 is 31.9. The highest BCUT2D eigenvalue weighted by Gasteiger charge is 2.30. The smallest absolute Gasteiger partial charge is 0.407 e. The summed E-state index contributed by atoms with van der Waals surface area (Å²) in [6, 6.07) is 13.9. The number of esters is 2. The molecule has 0 saturated heterocycles. The van der Waals surface area contributed by atoms with E-state index in [-0.39, 0.29) is 37.6 Å². The van der Waals surface area contributed by atoms with Gasteiger partial charge >= 0.3 is 24.1 Å². The van der Waals surface area contributed by atoms with Gasteiger partial charge in [-0.15, -0.1) is 0 Å². The van der Waals surface area contributed by atoms with Gasteiger partial charge in [-0.1, -0.05) is 62.5 Å². The molecule has 2 aliphatic carbocycles. The van der Waals surface area contributed by atoms with Crippen molar-refractivity contribution in [3.63, 3.8) is 0 Å². The number of alkyl carbamates (subject to hydrolysis) is 2. The fourth-order valence-electron chi connectivity index (χ4n) is 5.89. The highest BCUT2D eigenvalue weighted by atomic mass is 16.6. The number of nitrogens with one attached hydrogen (secondary N) is 2. The summed E-state index contributed by atoms with van der Waals surface area (Å²) in [6.07, 6.45) is 5.00. The zero-order valence-electron chi connectivity index (χ0n) is 40.2. The average molecular weight is 931 g/mol. The minimum absolute atomic E-state index is 0.00354. The lowest BCUT2D eigenvalue weighted by molar-refractivity contribution is -0.143. The van der Waals surface area contributed by atoms with E-state index in [0.717, 1.165) is 11.1 Å². The molecule has 12 heteroatoms.